The van der Waals surface area contributed by atoms with E-state index in [0.29, 0.717) is 5.92 Å². The van der Waals surface area contributed by atoms with Gasteiger partial charge in [0, 0.05) is 5.92 Å². The fourth-order valence-corrected chi connectivity index (χ4v) is 2.69. The molecule has 0 bridgehead atoms. The van der Waals surface area contributed by atoms with E-state index in [4.69, 9.17) is 5.21 Å². The SMILES string of the molecule is ON=C1CCCCC1C1=CCCCC1. The number of hydrogen-bond donors (Lipinski definition) is 1. The van der Waals surface area contributed by atoms with Crippen LogP contribution in [-0.2, 0) is 0 Å². The molecule has 2 rings (SSSR count). The molecule has 0 aromatic carbocycles. The lowest BCUT2D eigenvalue weighted by Crippen LogP contribution is -2.22. The molecule has 0 spiro atoms. The second kappa shape index (κ2) is 4.63. The minimum atomic E-state index is 0.481. The molecule has 2 heteroatoms. The van der Waals surface area contributed by atoms with Crippen LogP contribution in [0.15, 0.2) is 16.8 Å². The van der Waals surface area contributed by atoms with Gasteiger partial charge in [-0.2, -0.15) is 0 Å². The van der Waals surface area contributed by atoms with Crippen LogP contribution < -0.4 is 0 Å². The zero-order valence-corrected chi connectivity index (χ0v) is 8.71. The van der Waals surface area contributed by atoms with Gasteiger partial charge < -0.3 is 5.21 Å². The smallest absolute Gasteiger partial charge is 0.0641 e. The Bertz CT molecular complexity index is 255. The topological polar surface area (TPSA) is 32.6 Å². The van der Waals surface area contributed by atoms with Gasteiger partial charge in [0.2, 0.25) is 0 Å². The predicted octanol–water partition coefficient (Wildman–Crippen LogP) is 3.51. The second-order valence-corrected chi connectivity index (χ2v) is 4.41. The summed E-state index contributed by atoms with van der Waals surface area (Å²) in [6.07, 6.45) is 12.2. The number of hydrogen-bond acceptors (Lipinski definition) is 2. The number of oxime groups is 1. The van der Waals surface area contributed by atoms with Crippen molar-refractivity contribution in [3.63, 3.8) is 0 Å². The van der Waals surface area contributed by atoms with E-state index >= 15 is 0 Å². The molecule has 0 aromatic rings. The van der Waals surface area contributed by atoms with E-state index in [1.54, 1.807) is 5.57 Å². The van der Waals surface area contributed by atoms with Gasteiger partial charge in [-0.3, -0.25) is 0 Å². The van der Waals surface area contributed by atoms with E-state index in [9.17, 15) is 0 Å². The summed E-state index contributed by atoms with van der Waals surface area (Å²) in [7, 11) is 0. The van der Waals surface area contributed by atoms with Crippen molar-refractivity contribution in [2.45, 2.75) is 51.4 Å². The van der Waals surface area contributed by atoms with Gasteiger partial charge >= 0.3 is 0 Å². The summed E-state index contributed by atoms with van der Waals surface area (Å²) in [5.41, 5.74) is 2.58. The minimum absolute atomic E-state index is 0.481. The molecular formula is C12H19NO. The Labute approximate surface area is 85.7 Å². The van der Waals surface area contributed by atoms with E-state index < -0.39 is 0 Å². The first-order chi connectivity index (χ1) is 6.92. The number of rotatable bonds is 1. The molecule has 0 radical (unpaired) electrons. The Morgan fingerprint density at radius 2 is 2.00 bits per heavy atom. The van der Waals surface area contributed by atoms with Crippen LogP contribution in [0, 0.1) is 5.92 Å². The molecule has 78 valence electrons. The fourth-order valence-electron chi connectivity index (χ4n) is 2.69. The maximum atomic E-state index is 8.95. The molecular weight excluding hydrogens is 174 g/mol. The molecule has 14 heavy (non-hydrogen) atoms. The van der Waals surface area contributed by atoms with Crippen LogP contribution in [-0.4, -0.2) is 10.9 Å². The highest BCUT2D eigenvalue weighted by atomic mass is 16.4. The minimum Gasteiger partial charge on any atom is -0.411 e. The highest BCUT2D eigenvalue weighted by molar-refractivity contribution is 5.89. The lowest BCUT2D eigenvalue weighted by molar-refractivity contribution is 0.310. The molecule has 0 saturated heterocycles. The first-order valence-electron chi connectivity index (χ1n) is 5.81. The monoisotopic (exact) mass is 193 g/mol. The van der Waals surface area contributed by atoms with Gasteiger partial charge in [0.1, 0.15) is 0 Å². The van der Waals surface area contributed by atoms with Crippen molar-refractivity contribution in [1.29, 1.82) is 0 Å². The Kier molecular flexibility index (Phi) is 3.22. The van der Waals surface area contributed by atoms with E-state index in [-0.39, 0.29) is 0 Å². The van der Waals surface area contributed by atoms with Crippen molar-refractivity contribution < 1.29 is 5.21 Å². The van der Waals surface area contributed by atoms with Crippen molar-refractivity contribution in [3.05, 3.63) is 11.6 Å². The Morgan fingerprint density at radius 1 is 1.14 bits per heavy atom. The van der Waals surface area contributed by atoms with Crippen molar-refractivity contribution in [2.75, 3.05) is 0 Å². The Morgan fingerprint density at radius 3 is 2.71 bits per heavy atom. The van der Waals surface area contributed by atoms with Crippen LogP contribution in [0.4, 0.5) is 0 Å². The van der Waals surface area contributed by atoms with E-state index in [0.717, 1.165) is 12.1 Å². The molecule has 0 amide bonds. The zero-order chi connectivity index (χ0) is 9.80. The van der Waals surface area contributed by atoms with Gasteiger partial charge in [-0.1, -0.05) is 23.2 Å². The summed E-state index contributed by atoms with van der Waals surface area (Å²) in [5.74, 6) is 0.481. The van der Waals surface area contributed by atoms with E-state index in [1.165, 1.54) is 44.9 Å². The highest BCUT2D eigenvalue weighted by Crippen LogP contribution is 2.33. The Balaban J connectivity index is 2.10. The molecule has 1 saturated carbocycles. The lowest BCUT2D eigenvalue weighted by atomic mass is 9.78. The third-order valence-corrected chi connectivity index (χ3v) is 3.48. The molecule has 1 N–H and O–H groups in total. The summed E-state index contributed by atoms with van der Waals surface area (Å²) in [4.78, 5) is 0. The summed E-state index contributed by atoms with van der Waals surface area (Å²) < 4.78 is 0. The van der Waals surface area contributed by atoms with Crippen LogP contribution in [0.1, 0.15) is 51.4 Å². The maximum absolute atomic E-state index is 8.95. The summed E-state index contributed by atoms with van der Waals surface area (Å²) in [6, 6.07) is 0. The molecule has 1 atom stereocenters. The van der Waals surface area contributed by atoms with Crippen molar-refractivity contribution >= 4 is 5.71 Å². The van der Waals surface area contributed by atoms with Crippen LogP contribution in [0.25, 0.3) is 0 Å². The predicted molar refractivity (Wildman–Crippen MR) is 57.7 cm³/mol. The number of nitrogens with zero attached hydrogens (tertiary/aromatic N) is 1. The van der Waals surface area contributed by atoms with Crippen LogP contribution in [0.3, 0.4) is 0 Å². The van der Waals surface area contributed by atoms with E-state index in [2.05, 4.69) is 11.2 Å². The Hall–Kier alpha value is -0.790. The quantitative estimate of drug-likeness (QED) is 0.386. The molecule has 0 heterocycles. The van der Waals surface area contributed by atoms with Crippen molar-refractivity contribution in [2.24, 2.45) is 11.1 Å². The van der Waals surface area contributed by atoms with Crippen molar-refractivity contribution in [1.82, 2.24) is 0 Å². The third-order valence-electron chi connectivity index (χ3n) is 3.48. The van der Waals surface area contributed by atoms with Crippen LogP contribution >= 0.6 is 0 Å². The molecule has 2 aliphatic carbocycles. The van der Waals surface area contributed by atoms with Crippen molar-refractivity contribution in [3.8, 4) is 0 Å². The standard InChI is InChI=1S/C12H19NO/c14-13-12-9-5-4-8-11(12)10-6-2-1-3-7-10/h6,11,14H,1-5,7-9H2. The average Bonchev–Trinajstić information content (AvgIpc) is 2.30. The second-order valence-electron chi connectivity index (χ2n) is 4.41. The van der Waals surface area contributed by atoms with Gasteiger partial charge in [-0.25, -0.2) is 0 Å². The maximum Gasteiger partial charge on any atom is 0.0641 e. The summed E-state index contributed by atoms with van der Waals surface area (Å²) in [5, 5.41) is 12.4. The summed E-state index contributed by atoms with van der Waals surface area (Å²) in [6.45, 7) is 0. The molecule has 0 aliphatic heterocycles. The van der Waals surface area contributed by atoms with Crippen LogP contribution in [0.5, 0.6) is 0 Å². The molecule has 2 aliphatic rings. The molecule has 1 fully saturated rings. The lowest BCUT2D eigenvalue weighted by Gasteiger charge is -2.27. The average molecular weight is 193 g/mol. The van der Waals surface area contributed by atoms with E-state index in [1.807, 2.05) is 0 Å². The number of allylic oxidation sites excluding steroid dienone is 2. The largest absolute Gasteiger partial charge is 0.411 e. The molecule has 1 unspecified atom stereocenters. The third kappa shape index (κ3) is 1.99. The molecule has 0 aromatic heterocycles. The first kappa shape index (κ1) is 9.75. The van der Waals surface area contributed by atoms with Crippen LogP contribution in [0.2, 0.25) is 0 Å². The summed E-state index contributed by atoms with van der Waals surface area (Å²) >= 11 is 0. The molecule has 2 nitrogen and oxygen atoms in total. The van der Waals surface area contributed by atoms with Gasteiger partial charge in [-0.15, -0.1) is 0 Å². The fraction of sp³-hybridized carbons (Fsp3) is 0.750. The highest BCUT2D eigenvalue weighted by Gasteiger charge is 2.24. The van der Waals surface area contributed by atoms with Gasteiger partial charge in [-0.05, 0) is 44.9 Å². The first-order valence-corrected chi connectivity index (χ1v) is 5.81. The van der Waals surface area contributed by atoms with Gasteiger partial charge in [0.25, 0.3) is 0 Å². The normalized spacial score (nSPS) is 31.6. The van der Waals surface area contributed by atoms with Gasteiger partial charge in [0.05, 0.1) is 5.71 Å². The zero-order valence-electron chi connectivity index (χ0n) is 8.71. The van der Waals surface area contributed by atoms with Gasteiger partial charge in [0.15, 0.2) is 0 Å².